The second-order valence-electron chi connectivity index (χ2n) is 3.95. The first kappa shape index (κ1) is 10.4. The highest BCUT2D eigenvalue weighted by molar-refractivity contribution is 5.33. The van der Waals surface area contributed by atoms with Gasteiger partial charge in [0, 0.05) is 24.3 Å². The Balaban J connectivity index is 2.22. The normalized spacial score (nSPS) is 17.7. The number of nitrogen functional groups attached to an aromatic ring is 1. The molecule has 0 saturated heterocycles. The summed E-state index contributed by atoms with van der Waals surface area (Å²) in [4.78, 5) is 8.70. The molecule has 82 valence electrons. The summed E-state index contributed by atoms with van der Waals surface area (Å²) in [6, 6.07) is 1.87. The molecule has 0 aromatic carbocycles. The van der Waals surface area contributed by atoms with Gasteiger partial charge in [0.05, 0.1) is 0 Å². The van der Waals surface area contributed by atoms with Crippen LogP contribution in [-0.2, 0) is 4.74 Å². The van der Waals surface area contributed by atoms with E-state index in [1.165, 1.54) is 12.8 Å². The first-order valence-corrected chi connectivity index (χ1v) is 5.46. The van der Waals surface area contributed by atoms with Crippen molar-refractivity contribution in [3.8, 4) is 0 Å². The Hall–Kier alpha value is -1.16. The molecule has 2 N–H and O–H groups in total. The Morgan fingerprint density at radius 1 is 1.53 bits per heavy atom. The average Bonchev–Trinajstić information content (AvgIpc) is 3.00. The SMILES string of the molecule is CCOC(C)c1nc(N)cc(C2CC2)n1. The first-order valence-electron chi connectivity index (χ1n) is 5.46. The zero-order chi connectivity index (χ0) is 10.8. The van der Waals surface area contributed by atoms with E-state index in [0.717, 1.165) is 5.69 Å². The van der Waals surface area contributed by atoms with E-state index in [0.29, 0.717) is 24.2 Å². The van der Waals surface area contributed by atoms with Gasteiger partial charge in [-0.3, -0.25) is 0 Å². The highest BCUT2D eigenvalue weighted by atomic mass is 16.5. The van der Waals surface area contributed by atoms with Crippen LogP contribution in [0.25, 0.3) is 0 Å². The monoisotopic (exact) mass is 207 g/mol. The second kappa shape index (κ2) is 4.14. The van der Waals surface area contributed by atoms with Gasteiger partial charge in [0.25, 0.3) is 0 Å². The number of hydrogen-bond acceptors (Lipinski definition) is 4. The lowest BCUT2D eigenvalue weighted by Gasteiger charge is -2.11. The van der Waals surface area contributed by atoms with E-state index in [1.54, 1.807) is 0 Å². The number of rotatable bonds is 4. The maximum atomic E-state index is 5.75. The Kier molecular flexibility index (Phi) is 2.86. The van der Waals surface area contributed by atoms with Gasteiger partial charge in [-0.1, -0.05) is 0 Å². The standard InChI is InChI=1S/C11H17N3O/c1-3-15-7(2)11-13-9(8-4-5-8)6-10(12)14-11/h6-8H,3-5H2,1-2H3,(H2,12,13,14). The second-order valence-corrected chi connectivity index (χ2v) is 3.95. The van der Waals surface area contributed by atoms with Crippen molar-refractivity contribution in [2.24, 2.45) is 0 Å². The molecule has 0 aliphatic heterocycles. The molecule has 4 nitrogen and oxygen atoms in total. The third kappa shape index (κ3) is 2.45. The lowest BCUT2D eigenvalue weighted by atomic mass is 10.2. The van der Waals surface area contributed by atoms with Crippen molar-refractivity contribution in [2.75, 3.05) is 12.3 Å². The van der Waals surface area contributed by atoms with E-state index in [4.69, 9.17) is 10.5 Å². The molecule has 2 rings (SSSR count). The Morgan fingerprint density at radius 2 is 2.27 bits per heavy atom. The third-order valence-corrected chi connectivity index (χ3v) is 2.56. The number of hydrogen-bond donors (Lipinski definition) is 1. The minimum atomic E-state index is -0.0731. The fourth-order valence-corrected chi connectivity index (χ4v) is 1.60. The van der Waals surface area contributed by atoms with Crippen molar-refractivity contribution >= 4 is 5.82 Å². The van der Waals surface area contributed by atoms with Crippen LogP contribution in [0.15, 0.2) is 6.07 Å². The molecule has 1 aliphatic carbocycles. The molecule has 1 aromatic rings. The van der Waals surface area contributed by atoms with E-state index in [1.807, 2.05) is 19.9 Å². The van der Waals surface area contributed by atoms with E-state index < -0.39 is 0 Å². The van der Waals surface area contributed by atoms with E-state index in [-0.39, 0.29) is 6.10 Å². The maximum Gasteiger partial charge on any atom is 0.159 e. The van der Waals surface area contributed by atoms with E-state index in [9.17, 15) is 0 Å². The van der Waals surface area contributed by atoms with Crippen molar-refractivity contribution in [3.05, 3.63) is 17.6 Å². The maximum absolute atomic E-state index is 5.75. The predicted molar refractivity (Wildman–Crippen MR) is 58.5 cm³/mol. The van der Waals surface area contributed by atoms with Gasteiger partial charge < -0.3 is 10.5 Å². The van der Waals surface area contributed by atoms with Crippen LogP contribution in [0.5, 0.6) is 0 Å². The first-order chi connectivity index (χ1) is 7.20. The number of aromatic nitrogens is 2. The summed E-state index contributed by atoms with van der Waals surface area (Å²) < 4.78 is 5.46. The smallest absolute Gasteiger partial charge is 0.159 e. The molecule has 1 fully saturated rings. The molecule has 1 atom stereocenters. The van der Waals surface area contributed by atoms with Crippen LogP contribution in [0.4, 0.5) is 5.82 Å². The van der Waals surface area contributed by atoms with Crippen LogP contribution in [0, 0.1) is 0 Å². The van der Waals surface area contributed by atoms with Crippen LogP contribution in [0.3, 0.4) is 0 Å². The number of anilines is 1. The molecular weight excluding hydrogens is 190 g/mol. The van der Waals surface area contributed by atoms with Crippen molar-refractivity contribution < 1.29 is 4.74 Å². The number of nitrogens with two attached hydrogens (primary N) is 1. The topological polar surface area (TPSA) is 61.0 Å². The Morgan fingerprint density at radius 3 is 2.87 bits per heavy atom. The molecule has 0 amide bonds. The van der Waals surface area contributed by atoms with Crippen molar-refractivity contribution in [1.29, 1.82) is 0 Å². The zero-order valence-electron chi connectivity index (χ0n) is 9.23. The summed E-state index contributed by atoms with van der Waals surface area (Å²) >= 11 is 0. The van der Waals surface area contributed by atoms with Gasteiger partial charge in [0.2, 0.25) is 0 Å². The molecule has 0 bridgehead atoms. The van der Waals surface area contributed by atoms with Crippen LogP contribution in [-0.4, -0.2) is 16.6 Å². The van der Waals surface area contributed by atoms with E-state index >= 15 is 0 Å². The molecule has 1 unspecified atom stereocenters. The summed E-state index contributed by atoms with van der Waals surface area (Å²) in [6.07, 6.45) is 2.37. The minimum absolute atomic E-state index is 0.0731. The summed E-state index contributed by atoms with van der Waals surface area (Å²) in [7, 11) is 0. The number of nitrogens with zero attached hydrogens (tertiary/aromatic N) is 2. The fraction of sp³-hybridized carbons (Fsp3) is 0.636. The Labute approximate surface area is 89.9 Å². The van der Waals surface area contributed by atoms with Crippen LogP contribution >= 0.6 is 0 Å². The predicted octanol–water partition coefficient (Wildman–Crippen LogP) is 2.03. The molecule has 0 spiro atoms. The molecular formula is C11H17N3O. The molecule has 1 aromatic heterocycles. The Bertz CT molecular complexity index is 350. The van der Waals surface area contributed by atoms with Crippen LogP contribution in [0.1, 0.15) is 50.2 Å². The molecule has 15 heavy (non-hydrogen) atoms. The summed E-state index contributed by atoms with van der Waals surface area (Å²) in [6.45, 7) is 4.58. The van der Waals surface area contributed by atoms with Gasteiger partial charge in [-0.15, -0.1) is 0 Å². The van der Waals surface area contributed by atoms with Gasteiger partial charge in [0.1, 0.15) is 11.9 Å². The molecule has 1 aliphatic rings. The molecule has 0 radical (unpaired) electrons. The van der Waals surface area contributed by atoms with Gasteiger partial charge in [0.15, 0.2) is 5.82 Å². The fourth-order valence-electron chi connectivity index (χ4n) is 1.60. The third-order valence-electron chi connectivity index (χ3n) is 2.56. The molecule has 1 heterocycles. The summed E-state index contributed by atoms with van der Waals surface area (Å²) in [5, 5.41) is 0. The quantitative estimate of drug-likeness (QED) is 0.820. The summed E-state index contributed by atoms with van der Waals surface area (Å²) in [5.74, 6) is 1.86. The lowest BCUT2D eigenvalue weighted by molar-refractivity contribution is 0.0700. The van der Waals surface area contributed by atoms with Gasteiger partial charge in [-0.25, -0.2) is 9.97 Å². The molecule has 1 saturated carbocycles. The highest BCUT2D eigenvalue weighted by Gasteiger charge is 2.26. The van der Waals surface area contributed by atoms with Gasteiger partial charge >= 0.3 is 0 Å². The van der Waals surface area contributed by atoms with Crippen molar-refractivity contribution in [1.82, 2.24) is 9.97 Å². The van der Waals surface area contributed by atoms with Crippen LogP contribution in [0.2, 0.25) is 0 Å². The highest BCUT2D eigenvalue weighted by Crippen LogP contribution is 2.39. The zero-order valence-corrected chi connectivity index (χ0v) is 9.23. The van der Waals surface area contributed by atoms with Crippen molar-refractivity contribution in [2.45, 2.75) is 38.7 Å². The molecule has 4 heteroatoms. The lowest BCUT2D eigenvalue weighted by Crippen LogP contribution is -2.08. The number of ether oxygens (including phenoxy) is 1. The minimum Gasteiger partial charge on any atom is -0.384 e. The van der Waals surface area contributed by atoms with Gasteiger partial charge in [-0.05, 0) is 26.7 Å². The van der Waals surface area contributed by atoms with E-state index in [2.05, 4.69) is 9.97 Å². The summed E-state index contributed by atoms with van der Waals surface area (Å²) in [5.41, 5.74) is 6.83. The largest absolute Gasteiger partial charge is 0.384 e. The van der Waals surface area contributed by atoms with Gasteiger partial charge in [-0.2, -0.15) is 0 Å². The average molecular weight is 207 g/mol. The van der Waals surface area contributed by atoms with Crippen molar-refractivity contribution in [3.63, 3.8) is 0 Å². The van der Waals surface area contributed by atoms with Crippen LogP contribution < -0.4 is 5.73 Å².